The average molecular weight is 365 g/mol. The van der Waals surface area contributed by atoms with E-state index in [9.17, 15) is 9.18 Å². The highest BCUT2D eigenvalue weighted by molar-refractivity contribution is 5.90. The van der Waals surface area contributed by atoms with Gasteiger partial charge >= 0.3 is 6.09 Å². The van der Waals surface area contributed by atoms with E-state index in [0.717, 1.165) is 0 Å². The summed E-state index contributed by atoms with van der Waals surface area (Å²) in [6.07, 6.45) is -0.140. The number of ether oxygens (including phenoxy) is 3. The van der Waals surface area contributed by atoms with Crippen LogP contribution in [0.1, 0.15) is 13.3 Å². The maximum Gasteiger partial charge on any atom is 0.414 e. The molecule has 3 aliphatic rings. The van der Waals surface area contributed by atoms with Crippen molar-refractivity contribution in [2.24, 2.45) is 11.7 Å². The van der Waals surface area contributed by atoms with Crippen molar-refractivity contribution < 1.29 is 23.4 Å². The molecular weight excluding hydrogens is 341 g/mol. The van der Waals surface area contributed by atoms with Crippen molar-refractivity contribution in [2.75, 3.05) is 49.2 Å². The fourth-order valence-corrected chi connectivity index (χ4v) is 3.99. The lowest BCUT2D eigenvalue weighted by Crippen LogP contribution is -2.51. The molecule has 142 valence electrons. The number of rotatable bonds is 3. The van der Waals surface area contributed by atoms with Gasteiger partial charge in [0.25, 0.3) is 0 Å². The van der Waals surface area contributed by atoms with E-state index in [1.54, 1.807) is 12.1 Å². The normalized spacial score (nSPS) is 28.0. The van der Waals surface area contributed by atoms with E-state index in [1.165, 1.54) is 11.0 Å². The van der Waals surface area contributed by atoms with Crippen LogP contribution in [0.25, 0.3) is 0 Å². The zero-order valence-electron chi connectivity index (χ0n) is 14.8. The van der Waals surface area contributed by atoms with Gasteiger partial charge in [0.05, 0.1) is 31.1 Å². The average Bonchev–Trinajstić information content (AvgIpc) is 3.25. The molecule has 1 aromatic carbocycles. The number of amides is 1. The molecule has 2 atom stereocenters. The summed E-state index contributed by atoms with van der Waals surface area (Å²) in [5.41, 5.74) is 6.55. The molecule has 0 radical (unpaired) electrons. The topological polar surface area (TPSA) is 77.3 Å². The Bertz CT molecular complexity index is 695. The second kappa shape index (κ2) is 6.68. The predicted octanol–water partition coefficient (Wildman–Crippen LogP) is 1.70. The molecule has 0 aromatic heterocycles. The summed E-state index contributed by atoms with van der Waals surface area (Å²) in [6, 6.07) is 4.85. The standard InChI is InChI=1S/C18H24FN3O4/c1-12-10-21(5-4-18(12)24-6-7-25-18)16-3-2-13(8-15(16)19)22-11-14(9-20)26-17(22)23/h2-3,8,12,14H,4-7,9-11,20H2,1H3. The minimum atomic E-state index is -0.524. The van der Waals surface area contributed by atoms with Gasteiger partial charge in [-0.1, -0.05) is 6.92 Å². The van der Waals surface area contributed by atoms with Crippen LogP contribution in [0.2, 0.25) is 0 Å². The summed E-state index contributed by atoms with van der Waals surface area (Å²) in [5.74, 6) is -0.747. The Balaban J connectivity index is 1.49. The molecule has 1 spiro atoms. The van der Waals surface area contributed by atoms with Gasteiger partial charge in [0.1, 0.15) is 11.9 Å². The molecule has 3 heterocycles. The van der Waals surface area contributed by atoms with Gasteiger partial charge < -0.3 is 24.8 Å². The molecule has 2 N–H and O–H groups in total. The Labute approximate surface area is 151 Å². The van der Waals surface area contributed by atoms with Gasteiger partial charge in [-0.05, 0) is 18.2 Å². The number of hydrogen-bond acceptors (Lipinski definition) is 6. The Morgan fingerprint density at radius 1 is 1.31 bits per heavy atom. The van der Waals surface area contributed by atoms with Crippen LogP contribution in [-0.4, -0.2) is 57.4 Å². The number of piperidine rings is 1. The summed E-state index contributed by atoms with van der Waals surface area (Å²) in [7, 11) is 0. The smallest absolute Gasteiger partial charge is 0.414 e. The Hall–Kier alpha value is -1.90. The van der Waals surface area contributed by atoms with Gasteiger partial charge in [0, 0.05) is 32.0 Å². The number of carbonyl (C=O) groups excluding carboxylic acids is 1. The van der Waals surface area contributed by atoms with E-state index in [-0.39, 0.29) is 24.4 Å². The van der Waals surface area contributed by atoms with E-state index in [0.29, 0.717) is 50.6 Å². The Morgan fingerprint density at radius 2 is 2.08 bits per heavy atom. The zero-order valence-corrected chi connectivity index (χ0v) is 14.8. The zero-order chi connectivity index (χ0) is 18.3. The van der Waals surface area contributed by atoms with Gasteiger partial charge in [-0.25, -0.2) is 9.18 Å². The Morgan fingerprint density at radius 3 is 2.69 bits per heavy atom. The summed E-state index contributed by atoms with van der Waals surface area (Å²) in [6.45, 7) is 5.19. The first-order valence-corrected chi connectivity index (χ1v) is 9.03. The third kappa shape index (κ3) is 2.91. The van der Waals surface area contributed by atoms with E-state index in [2.05, 4.69) is 6.92 Å². The molecule has 1 amide bonds. The van der Waals surface area contributed by atoms with Gasteiger partial charge in [-0.15, -0.1) is 0 Å². The molecule has 0 saturated carbocycles. The van der Waals surface area contributed by atoms with Crippen molar-refractivity contribution in [3.63, 3.8) is 0 Å². The van der Waals surface area contributed by atoms with Crippen LogP contribution in [0.5, 0.6) is 0 Å². The number of nitrogens with zero attached hydrogens (tertiary/aromatic N) is 2. The number of halogens is 1. The number of benzene rings is 1. The lowest BCUT2D eigenvalue weighted by Gasteiger charge is -2.43. The van der Waals surface area contributed by atoms with Crippen molar-refractivity contribution in [3.05, 3.63) is 24.0 Å². The lowest BCUT2D eigenvalue weighted by molar-refractivity contribution is -0.199. The third-order valence-corrected chi connectivity index (χ3v) is 5.47. The molecule has 7 nitrogen and oxygen atoms in total. The summed E-state index contributed by atoms with van der Waals surface area (Å²) < 4.78 is 31.5. The van der Waals surface area contributed by atoms with Crippen LogP contribution >= 0.6 is 0 Å². The van der Waals surface area contributed by atoms with E-state index in [1.807, 2.05) is 4.90 Å². The fourth-order valence-electron chi connectivity index (χ4n) is 3.99. The molecule has 8 heteroatoms. The van der Waals surface area contributed by atoms with E-state index < -0.39 is 11.9 Å². The molecule has 26 heavy (non-hydrogen) atoms. The predicted molar refractivity (Wildman–Crippen MR) is 93.7 cm³/mol. The van der Waals surface area contributed by atoms with Gasteiger partial charge in [0.2, 0.25) is 0 Å². The number of cyclic esters (lactones) is 1. The van der Waals surface area contributed by atoms with Crippen molar-refractivity contribution in [3.8, 4) is 0 Å². The Kier molecular flexibility index (Phi) is 4.50. The lowest BCUT2D eigenvalue weighted by atomic mass is 9.92. The molecule has 3 fully saturated rings. The van der Waals surface area contributed by atoms with Crippen LogP contribution in [0.3, 0.4) is 0 Å². The summed E-state index contributed by atoms with van der Waals surface area (Å²) >= 11 is 0. The minimum Gasteiger partial charge on any atom is -0.443 e. The van der Waals surface area contributed by atoms with E-state index >= 15 is 0 Å². The molecule has 0 bridgehead atoms. The second-order valence-electron chi connectivity index (χ2n) is 7.09. The second-order valence-corrected chi connectivity index (χ2v) is 7.09. The highest BCUT2D eigenvalue weighted by atomic mass is 19.1. The maximum atomic E-state index is 14.8. The van der Waals surface area contributed by atoms with Crippen LogP contribution in [0, 0.1) is 11.7 Å². The number of anilines is 2. The first-order chi connectivity index (χ1) is 12.5. The number of nitrogens with two attached hydrogens (primary N) is 1. The molecule has 4 rings (SSSR count). The molecule has 3 saturated heterocycles. The van der Waals surface area contributed by atoms with Crippen molar-refractivity contribution in [1.29, 1.82) is 0 Å². The maximum absolute atomic E-state index is 14.8. The van der Waals surface area contributed by atoms with Gasteiger partial charge in [-0.2, -0.15) is 0 Å². The molecule has 2 unspecified atom stereocenters. The largest absolute Gasteiger partial charge is 0.443 e. The first-order valence-electron chi connectivity index (χ1n) is 9.03. The highest BCUT2D eigenvalue weighted by Crippen LogP contribution is 2.38. The van der Waals surface area contributed by atoms with E-state index in [4.69, 9.17) is 19.9 Å². The summed E-state index contributed by atoms with van der Waals surface area (Å²) in [4.78, 5) is 15.3. The quantitative estimate of drug-likeness (QED) is 0.879. The van der Waals surface area contributed by atoms with Crippen LogP contribution in [0.4, 0.5) is 20.6 Å². The van der Waals surface area contributed by atoms with Crippen molar-refractivity contribution in [2.45, 2.75) is 25.2 Å². The number of carbonyl (C=O) groups is 1. The third-order valence-electron chi connectivity index (χ3n) is 5.47. The number of hydrogen-bond donors (Lipinski definition) is 1. The van der Waals surface area contributed by atoms with Crippen LogP contribution in [0.15, 0.2) is 18.2 Å². The SMILES string of the molecule is CC1CN(c2ccc(N3CC(CN)OC3=O)cc2F)CCC12OCCO2. The molecule has 0 aliphatic carbocycles. The van der Waals surface area contributed by atoms with Crippen LogP contribution in [-0.2, 0) is 14.2 Å². The molecule has 3 aliphatic heterocycles. The van der Waals surface area contributed by atoms with Crippen LogP contribution < -0.4 is 15.5 Å². The first kappa shape index (κ1) is 17.5. The molecular formula is C18H24FN3O4. The molecule has 1 aromatic rings. The monoisotopic (exact) mass is 365 g/mol. The van der Waals surface area contributed by atoms with Gasteiger partial charge in [0.15, 0.2) is 5.79 Å². The van der Waals surface area contributed by atoms with Gasteiger partial charge in [-0.3, -0.25) is 4.90 Å². The summed E-state index contributed by atoms with van der Waals surface area (Å²) in [5, 5.41) is 0. The van der Waals surface area contributed by atoms with Crippen molar-refractivity contribution >= 4 is 17.5 Å². The van der Waals surface area contributed by atoms with Crippen molar-refractivity contribution in [1.82, 2.24) is 0 Å². The highest BCUT2D eigenvalue weighted by Gasteiger charge is 2.46. The fraction of sp³-hybridized carbons (Fsp3) is 0.611. The minimum absolute atomic E-state index is 0.136.